The van der Waals surface area contributed by atoms with E-state index in [1.54, 1.807) is 19.1 Å². The molecule has 0 amide bonds. The van der Waals surface area contributed by atoms with Gasteiger partial charge >= 0.3 is 0 Å². The first-order chi connectivity index (χ1) is 8.90. The number of anilines is 2. The number of aromatic nitrogens is 1. The highest BCUT2D eigenvalue weighted by molar-refractivity contribution is 7.92. The Balaban J connectivity index is 2.41. The van der Waals surface area contributed by atoms with Gasteiger partial charge in [-0.3, -0.25) is 4.72 Å². The number of pyridine rings is 1. The zero-order valence-electron chi connectivity index (χ0n) is 10.1. The minimum atomic E-state index is -3.70. The van der Waals surface area contributed by atoms with E-state index in [1.165, 1.54) is 24.4 Å². The predicted molar refractivity (Wildman–Crippen MR) is 75.6 cm³/mol. The molecule has 0 aliphatic heterocycles. The molecule has 0 aliphatic carbocycles. The summed E-state index contributed by atoms with van der Waals surface area (Å²) in [5.41, 5.74) is 7.00. The molecule has 0 atom stereocenters. The number of nitrogen functional groups attached to an aromatic ring is 1. The molecule has 1 aromatic heterocycles. The van der Waals surface area contributed by atoms with Crippen LogP contribution in [0.15, 0.2) is 41.4 Å². The minimum absolute atomic E-state index is 0.139. The van der Waals surface area contributed by atoms with E-state index in [2.05, 4.69) is 9.71 Å². The fourth-order valence-corrected chi connectivity index (χ4v) is 3.10. The van der Waals surface area contributed by atoms with Crippen LogP contribution in [0.1, 0.15) is 5.56 Å². The first-order valence-electron chi connectivity index (χ1n) is 5.39. The SMILES string of the molecule is Cc1c(N)cccc1S(=O)(=O)Nc1ccnc(Cl)c1. The first kappa shape index (κ1) is 13.6. The molecule has 0 saturated heterocycles. The van der Waals surface area contributed by atoms with Gasteiger partial charge in [0, 0.05) is 11.9 Å². The second-order valence-electron chi connectivity index (χ2n) is 3.94. The van der Waals surface area contributed by atoms with E-state index >= 15 is 0 Å². The fraction of sp³-hybridized carbons (Fsp3) is 0.0833. The molecule has 0 bridgehead atoms. The van der Waals surface area contributed by atoms with Gasteiger partial charge in [-0.05, 0) is 36.8 Å². The van der Waals surface area contributed by atoms with Crippen LogP contribution in [0, 0.1) is 6.92 Å². The van der Waals surface area contributed by atoms with Crippen LogP contribution < -0.4 is 10.5 Å². The van der Waals surface area contributed by atoms with Crippen molar-refractivity contribution in [3.05, 3.63) is 47.2 Å². The summed E-state index contributed by atoms with van der Waals surface area (Å²) in [4.78, 5) is 3.92. The van der Waals surface area contributed by atoms with Crippen LogP contribution in [0.4, 0.5) is 11.4 Å². The Labute approximate surface area is 116 Å². The number of sulfonamides is 1. The molecule has 0 saturated carbocycles. The van der Waals surface area contributed by atoms with Gasteiger partial charge in [0.1, 0.15) is 5.15 Å². The molecule has 0 radical (unpaired) electrons. The van der Waals surface area contributed by atoms with Crippen LogP contribution in [-0.2, 0) is 10.0 Å². The Hall–Kier alpha value is -1.79. The monoisotopic (exact) mass is 297 g/mol. The largest absolute Gasteiger partial charge is 0.398 e. The molecule has 0 aliphatic rings. The molecule has 100 valence electrons. The second kappa shape index (κ2) is 5.07. The van der Waals surface area contributed by atoms with Gasteiger partial charge in [-0.1, -0.05) is 17.7 Å². The third kappa shape index (κ3) is 2.97. The molecule has 2 rings (SSSR count). The molecule has 7 heteroatoms. The van der Waals surface area contributed by atoms with Crippen LogP contribution in [0.3, 0.4) is 0 Å². The Morgan fingerprint density at radius 1 is 1.32 bits per heavy atom. The Kier molecular flexibility index (Phi) is 3.64. The first-order valence-corrected chi connectivity index (χ1v) is 7.26. The molecule has 19 heavy (non-hydrogen) atoms. The van der Waals surface area contributed by atoms with Crippen molar-refractivity contribution in [3.8, 4) is 0 Å². The van der Waals surface area contributed by atoms with Crippen molar-refractivity contribution in [1.82, 2.24) is 4.98 Å². The van der Waals surface area contributed by atoms with Crippen molar-refractivity contribution in [2.75, 3.05) is 10.5 Å². The van der Waals surface area contributed by atoms with E-state index in [-0.39, 0.29) is 10.0 Å². The number of halogens is 1. The van der Waals surface area contributed by atoms with Crippen LogP contribution in [0.25, 0.3) is 0 Å². The van der Waals surface area contributed by atoms with E-state index in [9.17, 15) is 8.42 Å². The Morgan fingerprint density at radius 3 is 2.74 bits per heavy atom. The summed E-state index contributed by atoms with van der Waals surface area (Å²) < 4.78 is 26.9. The summed E-state index contributed by atoms with van der Waals surface area (Å²) in [5, 5.41) is 0.212. The highest BCUT2D eigenvalue weighted by Crippen LogP contribution is 2.23. The smallest absolute Gasteiger partial charge is 0.262 e. The molecule has 0 fully saturated rings. The summed E-state index contributed by atoms with van der Waals surface area (Å²) in [6, 6.07) is 7.69. The third-order valence-electron chi connectivity index (χ3n) is 2.59. The molecular weight excluding hydrogens is 286 g/mol. The average Bonchev–Trinajstić information content (AvgIpc) is 2.32. The fourth-order valence-electron chi connectivity index (χ4n) is 1.60. The summed E-state index contributed by atoms with van der Waals surface area (Å²) in [6.45, 7) is 1.66. The lowest BCUT2D eigenvalue weighted by atomic mass is 10.2. The number of hydrogen-bond donors (Lipinski definition) is 2. The van der Waals surface area contributed by atoms with Crippen LogP contribution in [0.2, 0.25) is 5.15 Å². The number of nitrogens with zero attached hydrogens (tertiary/aromatic N) is 1. The highest BCUT2D eigenvalue weighted by Gasteiger charge is 2.18. The molecule has 3 N–H and O–H groups in total. The molecule has 2 aromatic rings. The van der Waals surface area contributed by atoms with Crippen molar-refractivity contribution >= 4 is 33.0 Å². The van der Waals surface area contributed by atoms with Crippen LogP contribution in [0.5, 0.6) is 0 Å². The molecule has 1 heterocycles. The van der Waals surface area contributed by atoms with Gasteiger partial charge in [-0.15, -0.1) is 0 Å². The van der Waals surface area contributed by atoms with Crippen molar-refractivity contribution < 1.29 is 8.42 Å². The maximum atomic E-state index is 12.3. The summed E-state index contributed by atoms with van der Waals surface area (Å²) in [7, 11) is -3.70. The van der Waals surface area contributed by atoms with Crippen LogP contribution in [-0.4, -0.2) is 13.4 Å². The lowest BCUT2D eigenvalue weighted by Crippen LogP contribution is -2.15. The molecule has 0 spiro atoms. The van der Waals surface area contributed by atoms with Gasteiger partial charge < -0.3 is 5.73 Å². The van der Waals surface area contributed by atoms with E-state index < -0.39 is 10.0 Å². The number of rotatable bonds is 3. The van der Waals surface area contributed by atoms with Gasteiger partial charge in [0.05, 0.1) is 10.6 Å². The standard InChI is InChI=1S/C12H12ClN3O2S/c1-8-10(14)3-2-4-11(8)19(17,18)16-9-5-6-15-12(13)7-9/h2-7H,14H2,1H3,(H,15,16). The third-order valence-corrected chi connectivity index (χ3v) is 4.33. The Morgan fingerprint density at radius 2 is 2.05 bits per heavy atom. The van der Waals surface area contributed by atoms with E-state index in [0.717, 1.165) is 0 Å². The normalized spacial score (nSPS) is 11.3. The number of benzene rings is 1. The maximum Gasteiger partial charge on any atom is 0.262 e. The lowest BCUT2D eigenvalue weighted by molar-refractivity contribution is 0.600. The average molecular weight is 298 g/mol. The molecule has 1 aromatic carbocycles. The zero-order valence-corrected chi connectivity index (χ0v) is 11.7. The van der Waals surface area contributed by atoms with Gasteiger partial charge in [-0.25, -0.2) is 13.4 Å². The van der Waals surface area contributed by atoms with Gasteiger partial charge in [0.2, 0.25) is 0 Å². The quantitative estimate of drug-likeness (QED) is 0.673. The molecule has 5 nitrogen and oxygen atoms in total. The number of hydrogen-bond acceptors (Lipinski definition) is 4. The van der Waals surface area contributed by atoms with Gasteiger partial charge in [0.15, 0.2) is 0 Å². The maximum absolute atomic E-state index is 12.3. The van der Waals surface area contributed by atoms with Crippen LogP contribution >= 0.6 is 11.6 Å². The number of nitrogens with two attached hydrogens (primary N) is 1. The van der Waals surface area contributed by atoms with Crippen molar-refractivity contribution in [2.45, 2.75) is 11.8 Å². The van der Waals surface area contributed by atoms with Gasteiger partial charge in [-0.2, -0.15) is 0 Å². The summed E-state index contributed by atoms with van der Waals surface area (Å²) >= 11 is 5.71. The summed E-state index contributed by atoms with van der Waals surface area (Å²) in [5.74, 6) is 0. The van der Waals surface area contributed by atoms with Crippen molar-refractivity contribution in [2.24, 2.45) is 0 Å². The van der Waals surface area contributed by atoms with Crippen molar-refractivity contribution in [3.63, 3.8) is 0 Å². The van der Waals surface area contributed by atoms with Gasteiger partial charge in [0.25, 0.3) is 10.0 Å². The highest BCUT2D eigenvalue weighted by atomic mass is 35.5. The lowest BCUT2D eigenvalue weighted by Gasteiger charge is -2.11. The van der Waals surface area contributed by atoms with E-state index in [1.807, 2.05) is 0 Å². The molecule has 0 unspecified atom stereocenters. The Bertz CT molecular complexity index is 717. The second-order valence-corrected chi connectivity index (χ2v) is 5.98. The van der Waals surface area contributed by atoms with E-state index in [0.29, 0.717) is 16.9 Å². The minimum Gasteiger partial charge on any atom is -0.398 e. The van der Waals surface area contributed by atoms with E-state index in [4.69, 9.17) is 17.3 Å². The zero-order chi connectivity index (χ0) is 14.0. The molecular formula is C12H12ClN3O2S. The number of nitrogens with one attached hydrogen (secondary N) is 1. The topological polar surface area (TPSA) is 85.1 Å². The predicted octanol–water partition coefficient (Wildman–Crippen LogP) is 2.43. The summed E-state index contributed by atoms with van der Waals surface area (Å²) in [6.07, 6.45) is 1.42. The van der Waals surface area contributed by atoms with Crippen molar-refractivity contribution in [1.29, 1.82) is 0 Å².